The molecule has 1 fully saturated rings. The molecular weight excluding hydrogens is 350 g/mol. The maximum Gasteiger partial charge on any atom is 0.237 e. The van der Waals surface area contributed by atoms with E-state index in [9.17, 15) is 4.79 Å². The van der Waals surface area contributed by atoms with Gasteiger partial charge in [0.05, 0.1) is 16.9 Å². The van der Waals surface area contributed by atoms with Gasteiger partial charge in [0, 0.05) is 24.0 Å². The van der Waals surface area contributed by atoms with Crippen LogP contribution in [0.2, 0.25) is 0 Å². The number of likely N-dealkylation sites (tertiary alicyclic amines) is 1. The molecule has 1 aromatic rings. The lowest BCUT2D eigenvalue weighted by molar-refractivity contribution is -0.133. The summed E-state index contributed by atoms with van der Waals surface area (Å²) in [6.07, 6.45) is 1.10. The first kappa shape index (κ1) is 16.9. The Labute approximate surface area is 139 Å². The third-order valence-electron chi connectivity index (χ3n) is 4.17. The van der Waals surface area contributed by atoms with Gasteiger partial charge in [0.25, 0.3) is 0 Å². The van der Waals surface area contributed by atoms with Crippen LogP contribution in [0.15, 0.2) is 15.9 Å². The molecule has 1 amide bonds. The highest BCUT2D eigenvalue weighted by Gasteiger charge is 2.30. The molecule has 1 aromatic heterocycles. The topological polar surface area (TPSA) is 49.6 Å². The van der Waals surface area contributed by atoms with Crippen molar-refractivity contribution in [3.63, 3.8) is 0 Å². The van der Waals surface area contributed by atoms with E-state index < -0.39 is 0 Å². The Balaban J connectivity index is 1.91. The van der Waals surface area contributed by atoms with Crippen molar-refractivity contribution in [2.45, 2.75) is 32.9 Å². The molecule has 1 aliphatic rings. The zero-order valence-corrected chi connectivity index (χ0v) is 15.1. The average Bonchev–Trinajstić information content (AvgIpc) is 3.02. The van der Waals surface area contributed by atoms with Crippen LogP contribution in [0.5, 0.6) is 0 Å². The van der Waals surface area contributed by atoms with E-state index in [4.69, 9.17) is 5.73 Å². The molecule has 118 valence electrons. The molecule has 0 aromatic carbocycles. The smallest absolute Gasteiger partial charge is 0.237 e. The molecule has 2 N–H and O–H groups in total. The van der Waals surface area contributed by atoms with Gasteiger partial charge in [0.1, 0.15) is 0 Å². The van der Waals surface area contributed by atoms with Crippen LogP contribution in [0.3, 0.4) is 0 Å². The quantitative estimate of drug-likeness (QED) is 0.833. The lowest BCUT2D eigenvalue weighted by atomic mass is 10.1. The van der Waals surface area contributed by atoms with E-state index in [1.165, 1.54) is 4.88 Å². The second-order valence-corrected chi connectivity index (χ2v) is 8.28. The molecule has 21 heavy (non-hydrogen) atoms. The van der Waals surface area contributed by atoms with Gasteiger partial charge >= 0.3 is 0 Å². The second kappa shape index (κ2) is 7.72. The van der Waals surface area contributed by atoms with Crippen LogP contribution in [0.25, 0.3) is 0 Å². The number of nitrogens with zero attached hydrogens (tertiary/aromatic N) is 2. The summed E-state index contributed by atoms with van der Waals surface area (Å²) in [5.74, 6) is 0.752. The number of likely N-dealkylation sites (N-methyl/N-ethyl adjacent to an activating group) is 1. The summed E-state index contributed by atoms with van der Waals surface area (Å²) in [7, 11) is 0. The van der Waals surface area contributed by atoms with Crippen LogP contribution in [0.4, 0.5) is 0 Å². The average molecular weight is 374 g/mol. The Morgan fingerprint density at radius 2 is 2.33 bits per heavy atom. The summed E-state index contributed by atoms with van der Waals surface area (Å²) in [5.41, 5.74) is 5.75. The molecule has 4 nitrogen and oxygen atoms in total. The van der Waals surface area contributed by atoms with Crippen molar-refractivity contribution in [1.29, 1.82) is 0 Å². The molecule has 0 bridgehead atoms. The van der Waals surface area contributed by atoms with Crippen molar-refractivity contribution < 1.29 is 4.79 Å². The third-order valence-corrected chi connectivity index (χ3v) is 5.78. The van der Waals surface area contributed by atoms with Crippen LogP contribution >= 0.6 is 27.3 Å². The standard InChI is InChI=1S/C15H24BrN3OS/c1-3-18(9-13-4-5-14(16)21-13)15(20)10-19-8-12(7-17)6-11(19)2/h4-5,11-12H,3,6-10,17H2,1-2H3. The van der Waals surface area contributed by atoms with Gasteiger partial charge in [-0.3, -0.25) is 9.69 Å². The fourth-order valence-electron chi connectivity index (χ4n) is 2.88. The minimum absolute atomic E-state index is 0.214. The van der Waals surface area contributed by atoms with Crippen molar-refractivity contribution in [3.05, 3.63) is 20.8 Å². The van der Waals surface area contributed by atoms with Gasteiger partial charge < -0.3 is 10.6 Å². The first-order valence-electron chi connectivity index (χ1n) is 7.49. The number of carbonyl (C=O) groups excluding carboxylic acids is 1. The number of thiophene rings is 1. The Morgan fingerprint density at radius 3 is 2.86 bits per heavy atom. The normalized spacial score (nSPS) is 22.7. The summed E-state index contributed by atoms with van der Waals surface area (Å²) < 4.78 is 1.11. The molecule has 2 rings (SSSR count). The molecule has 1 aliphatic heterocycles. The number of hydrogen-bond acceptors (Lipinski definition) is 4. The monoisotopic (exact) mass is 373 g/mol. The molecule has 0 aliphatic carbocycles. The number of hydrogen-bond donors (Lipinski definition) is 1. The molecule has 0 saturated carbocycles. The maximum absolute atomic E-state index is 12.5. The SMILES string of the molecule is CCN(Cc1ccc(Br)s1)C(=O)CN1CC(CN)CC1C. The largest absolute Gasteiger partial charge is 0.337 e. The Kier molecular flexibility index (Phi) is 6.22. The number of halogens is 1. The third kappa shape index (κ3) is 4.52. The van der Waals surface area contributed by atoms with Gasteiger partial charge in [-0.15, -0.1) is 11.3 Å². The van der Waals surface area contributed by atoms with Gasteiger partial charge in [-0.25, -0.2) is 0 Å². The first-order valence-corrected chi connectivity index (χ1v) is 9.10. The van der Waals surface area contributed by atoms with Gasteiger partial charge in [0.2, 0.25) is 5.91 Å². The van der Waals surface area contributed by atoms with Crippen LogP contribution in [-0.4, -0.2) is 47.9 Å². The minimum Gasteiger partial charge on any atom is -0.337 e. The van der Waals surface area contributed by atoms with Gasteiger partial charge in [-0.1, -0.05) is 0 Å². The van der Waals surface area contributed by atoms with E-state index >= 15 is 0 Å². The maximum atomic E-state index is 12.5. The predicted octanol–water partition coefficient (Wildman–Crippen LogP) is 2.53. The highest BCUT2D eigenvalue weighted by Crippen LogP contribution is 2.24. The molecule has 0 radical (unpaired) electrons. The van der Waals surface area contributed by atoms with Crippen LogP contribution < -0.4 is 5.73 Å². The summed E-state index contributed by atoms with van der Waals surface area (Å²) in [6, 6.07) is 4.57. The fraction of sp³-hybridized carbons (Fsp3) is 0.667. The zero-order valence-electron chi connectivity index (χ0n) is 12.7. The number of rotatable bonds is 6. The molecular formula is C15H24BrN3OS. The summed E-state index contributed by atoms with van der Waals surface area (Å²) in [5, 5.41) is 0. The Hall–Kier alpha value is -0.430. The van der Waals surface area contributed by atoms with Crippen molar-refractivity contribution in [1.82, 2.24) is 9.80 Å². The van der Waals surface area contributed by atoms with E-state index in [-0.39, 0.29) is 5.91 Å². The van der Waals surface area contributed by atoms with Gasteiger partial charge in [0.15, 0.2) is 0 Å². The van der Waals surface area contributed by atoms with Gasteiger partial charge in [-0.2, -0.15) is 0 Å². The lowest BCUT2D eigenvalue weighted by Gasteiger charge is -2.26. The molecule has 0 spiro atoms. The molecule has 2 atom stereocenters. The van der Waals surface area contributed by atoms with Crippen molar-refractivity contribution >= 4 is 33.2 Å². The minimum atomic E-state index is 0.214. The van der Waals surface area contributed by atoms with E-state index in [1.807, 2.05) is 17.9 Å². The number of carbonyl (C=O) groups is 1. The molecule has 2 heterocycles. The van der Waals surface area contributed by atoms with Crippen molar-refractivity contribution in [2.24, 2.45) is 11.7 Å². The van der Waals surface area contributed by atoms with E-state index in [1.54, 1.807) is 11.3 Å². The van der Waals surface area contributed by atoms with Crippen molar-refractivity contribution in [2.75, 3.05) is 26.2 Å². The zero-order chi connectivity index (χ0) is 15.4. The van der Waals surface area contributed by atoms with Crippen molar-refractivity contribution in [3.8, 4) is 0 Å². The van der Waals surface area contributed by atoms with Crippen LogP contribution in [0, 0.1) is 5.92 Å². The summed E-state index contributed by atoms with van der Waals surface area (Å²) in [4.78, 5) is 17.9. The van der Waals surface area contributed by atoms with E-state index in [2.05, 4.69) is 33.8 Å². The molecule has 1 saturated heterocycles. The van der Waals surface area contributed by atoms with Gasteiger partial charge in [-0.05, 0) is 60.8 Å². The first-order chi connectivity index (χ1) is 10.0. The van der Waals surface area contributed by atoms with E-state index in [0.717, 1.165) is 29.8 Å². The number of nitrogens with two attached hydrogens (primary N) is 1. The summed E-state index contributed by atoms with van der Waals surface area (Å²) in [6.45, 7) is 7.86. The predicted molar refractivity (Wildman–Crippen MR) is 91.3 cm³/mol. The molecule has 6 heteroatoms. The Bertz CT molecular complexity index is 479. The number of amides is 1. The second-order valence-electron chi connectivity index (χ2n) is 5.73. The molecule has 2 unspecified atom stereocenters. The fourth-order valence-corrected chi connectivity index (χ4v) is 4.38. The van der Waals surface area contributed by atoms with Crippen LogP contribution in [-0.2, 0) is 11.3 Å². The highest BCUT2D eigenvalue weighted by atomic mass is 79.9. The highest BCUT2D eigenvalue weighted by molar-refractivity contribution is 9.11. The van der Waals surface area contributed by atoms with E-state index in [0.29, 0.717) is 25.0 Å². The Morgan fingerprint density at radius 1 is 1.57 bits per heavy atom. The van der Waals surface area contributed by atoms with Crippen LogP contribution in [0.1, 0.15) is 25.1 Å². The lowest BCUT2D eigenvalue weighted by Crippen LogP contribution is -2.41. The summed E-state index contributed by atoms with van der Waals surface area (Å²) >= 11 is 5.16.